The number of halogens is 2. The molecule has 0 saturated heterocycles. The Morgan fingerprint density at radius 2 is 1.77 bits per heavy atom. The third-order valence-electron chi connectivity index (χ3n) is 3.34. The fraction of sp³-hybridized carbons (Fsp3) is 0.235. The predicted molar refractivity (Wildman–Crippen MR) is 94.1 cm³/mol. The third kappa shape index (κ3) is 4.39. The number of rotatable bonds is 5. The first-order valence-electron chi connectivity index (χ1n) is 7.02. The zero-order valence-corrected chi connectivity index (χ0v) is 14.1. The van der Waals surface area contributed by atoms with Gasteiger partial charge in [0.15, 0.2) is 0 Å². The number of nitrogens with one attached hydrogen (secondary N) is 2. The highest BCUT2D eigenvalue weighted by molar-refractivity contribution is 6.35. The van der Waals surface area contributed by atoms with Crippen LogP contribution in [0.4, 0.5) is 11.4 Å². The summed E-state index contributed by atoms with van der Waals surface area (Å²) in [5.41, 5.74) is 3.72. The first-order valence-corrected chi connectivity index (χ1v) is 7.78. The molecule has 5 heteroatoms. The van der Waals surface area contributed by atoms with Crippen molar-refractivity contribution in [2.75, 3.05) is 17.2 Å². The van der Waals surface area contributed by atoms with E-state index in [4.69, 9.17) is 23.2 Å². The van der Waals surface area contributed by atoms with Crippen molar-refractivity contribution in [2.45, 2.75) is 20.3 Å². The van der Waals surface area contributed by atoms with Gasteiger partial charge >= 0.3 is 0 Å². The molecule has 116 valence electrons. The fourth-order valence-electron chi connectivity index (χ4n) is 2.16. The van der Waals surface area contributed by atoms with Gasteiger partial charge in [0.25, 0.3) is 0 Å². The number of hydrogen-bond donors (Lipinski definition) is 2. The van der Waals surface area contributed by atoms with Crippen LogP contribution in [0, 0.1) is 13.8 Å². The molecule has 0 spiro atoms. The highest BCUT2D eigenvalue weighted by Crippen LogP contribution is 2.25. The van der Waals surface area contributed by atoms with Crippen molar-refractivity contribution in [1.82, 2.24) is 0 Å². The molecular weight excluding hydrogens is 319 g/mol. The molecule has 3 nitrogen and oxygen atoms in total. The van der Waals surface area contributed by atoms with Crippen LogP contribution in [0.25, 0.3) is 0 Å². The summed E-state index contributed by atoms with van der Waals surface area (Å²) in [7, 11) is 0. The predicted octanol–water partition coefficient (Wildman–Crippen LogP) is 5.05. The minimum absolute atomic E-state index is 0.0388. The molecule has 0 radical (unpaired) electrons. The first-order chi connectivity index (χ1) is 10.5. The number of carbonyl (C=O) groups is 1. The Morgan fingerprint density at radius 1 is 1.09 bits per heavy atom. The molecule has 0 fully saturated rings. The lowest BCUT2D eigenvalue weighted by Crippen LogP contribution is -2.17. The second-order valence-electron chi connectivity index (χ2n) is 5.12. The Hall–Kier alpha value is -1.71. The maximum Gasteiger partial charge on any atom is 0.226 e. The molecule has 0 atom stereocenters. The van der Waals surface area contributed by atoms with Gasteiger partial charge < -0.3 is 10.6 Å². The van der Waals surface area contributed by atoms with E-state index in [0.29, 0.717) is 23.0 Å². The van der Waals surface area contributed by atoms with Gasteiger partial charge in [0, 0.05) is 23.7 Å². The summed E-state index contributed by atoms with van der Waals surface area (Å²) in [6.07, 6.45) is 0.344. The van der Waals surface area contributed by atoms with Crippen LogP contribution >= 0.6 is 23.2 Å². The Morgan fingerprint density at radius 3 is 2.45 bits per heavy atom. The topological polar surface area (TPSA) is 41.1 Å². The van der Waals surface area contributed by atoms with E-state index < -0.39 is 0 Å². The average molecular weight is 337 g/mol. The molecule has 0 unspecified atom stereocenters. The minimum Gasteiger partial charge on any atom is -0.383 e. The Kier molecular flexibility index (Phi) is 5.69. The van der Waals surface area contributed by atoms with Gasteiger partial charge in [0.05, 0.1) is 10.7 Å². The maximum atomic E-state index is 12.0. The van der Waals surface area contributed by atoms with E-state index >= 15 is 0 Å². The summed E-state index contributed by atoms with van der Waals surface area (Å²) in [5.74, 6) is -0.0388. The summed E-state index contributed by atoms with van der Waals surface area (Å²) in [4.78, 5) is 12.0. The van der Waals surface area contributed by atoms with Crippen LogP contribution in [0.5, 0.6) is 0 Å². The second-order valence-corrected chi connectivity index (χ2v) is 5.96. The van der Waals surface area contributed by atoms with Gasteiger partial charge in [-0.1, -0.05) is 41.4 Å². The Labute approximate surface area is 140 Å². The highest BCUT2D eigenvalue weighted by Gasteiger charge is 2.07. The molecule has 2 N–H and O–H groups in total. The maximum absolute atomic E-state index is 12.0. The SMILES string of the molecule is Cc1cccc(C)c1NC(=O)CCNc1cc(Cl)ccc1Cl. The largest absolute Gasteiger partial charge is 0.383 e. The third-order valence-corrected chi connectivity index (χ3v) is 3.91. The molecule has 22 heavy (non-hydrogen) atoms. The Balaban J connectivity index is 1.89. The zero-order valence-electron chi connectivity index (χ0n) is 12.5. The monoisotopic (exact) mass is 336 g/mol. The molecule has 0 aromatic heterocycles. The molecule has 2 aromatic rings. The molecule has 0 bridgehead atoms. The van der Waals surface area contributed by atoms with Gasteiger partial charge in [-0.2, -0.15) is 0 Å². The van der Waals surface area contributed by atoms with Crippen LogP contribution in [0.3, 0.4) is 0 Å². The molecular formula is C17H18Cl2N2O. The highest BCUT2D eigenvalue weighted by atomic mass is 35.5. The van der Waals surface area contributed by atoms with Crippen LogP contribution in [0.15, 0.2) is 36.4 Å². The second kappa shape index (κ2) is 7.52. The zero-order chi connectivity index (χ0) is 16.1. The minimum atomic E-state index is -0.0388. The van der Waals surface area contributed by atoms with Crippen LogP contribution in [-0.4, -0.2) is 12.5 Å². The normalized spacial score (nSPS) is 10.4. The summed E-state index contributed by atoms with van der Waals surface area (Å²) in [6, 6.07) is 11.1. The lowest BCUT2D eigenvalue weighted by Gasteiger charge is -2.12. The van der Waals surface area contributed by atoms with Crippen molar-refractivity contribution < 1.29 is 4.79 Å². The molecule has 2 aromatic carbocycles. The van der Waals surface area contributed by atoms with Gasteiger partial charge in [-0.3, -0.25) is 4.79 Å². The van der Waals surface area contributed by atoms with Crippen LogP contribution in [0.2, 0.25) is 10.0 Å². The summed E-state index contributed by atoms with van der Waals surface area (Å²) in [6.45, 7) is 4.44. The van der Waals surface area contributed by atoms with E-state index in [9.17, 15) is 4.79 Å². The van der Waals surface area contributed by atoms with Gasteiger partial charge in [-0.15, -0.1) is 0 Å². The van der Waals surface area contributed by atoms with Gasteiger partial charge in [-0.25, -0.2) is 0 Å². The number of benzene rings is 2. The molecule has 1 amide bonds. The summed E-state index contributed by atoms with van der Waals surface area (Å²) < 4.78 is 0. The Bertz CT molecular complexity index is 666. The average Bonchev–Trinajstić information content (AvgIpc) is 2.47. The van der Waals surface area contributed by atoms with Crippen LogP contribution < -0.4 is 10.6 Å². The molecule has 0 aliphatic carbocycles. The molecule has 0 aliphatic rings. The number of anilines is 2. The van der Waals surface area contributed by atoms with E-state index in [2.05, 4.69) is 10.6 Å². The van der Waals surface area contributed by atoms with Gasteiger partial charge in [0.1, 0.15) is 0 Å². The molecule has 2 rings (SSSR count). The molecule has 0 heterocycles. The van der Waals surface area contributed by atoms with Crippen molar-refractivity contribution in [3.05, 3.63) is 57.6 Å². The van der Waals surface area contributed by atoms with Crippen molar-refractivity contribution in [3.8, 4) is 0 Å². The van der Waals surface area contributed by atoms with E-state index in [-0.39, 0.29) is 5.91 Å². The van der Waals surface area contributed by atoms with Crippen molar-refractivity contribution in [1.29, 1.82) is 0 Å². The van der Waals surface area contributed by atoms with E-state index in [0.717, 1.165) is 22.5 Å². The number of carbonyl (C=O) groups excluding carboxylic acids is 1. The number of amides is 1. The summed E-state index contributed by atoms with van der Waals surface area (Å²) in [5, 5.41) is 7.26. The van der Waals surface area contributed by atoms with Gasteiger partial charge in [0.2, 0.25) is 5.91 Å². The quantitative estimate of drug-likeness (QED) is 0.801. The van der Waals surface area contributed by atoms with E-state index in [1.54, 1.807) is 18.2 Å². The summed E-state index contributed by atoms with van der Waals surface area (Å²) >= 11 is 12.0. The van der Waals surface area contributed by atoms with Crippen molar-refractivity contribution in [2.24, 2.45) is 0 Å². The van der Waals surface area contributed by atoms with E-state index in [1.165, 1.54) is 0 Å². The standard InChI is InChI=1S/C17H18Cl2N2O/c1-11-4-3-5-12(2)17(11)21-16(22)8-9-20-15-10-13(18)6-7-14(15)19/h3-7,10,20H,8-9H2,1-2H3,(H,21,22). The number of hydrogen-bond acceptors (Lipinski definition) is 2. The number of aryl methyl sites for hydroxylation is 2. The molecule has 0 saturated carbocycles. The van der Waals surface area contributed by atoms with Crippen molar-refractivity contribution >= 4 is 40.5 Å². The van der Waals surface area contributed by atoms with E-state index in [1.807, 2.05) is 32.0 Å². The van der Waals surface area contributed by atoms with Crippen LogP contribution in [-0.2, 0) is 4.79 Å². The lowest BCUT2D eigenvalue weighted by atomic mass is 10.1. The van der Waals surface area contributed by atoms with Crippen molar-refractivity contribution in [3.63, 3.8) is 0 Å². The van der Waals surface area contributed by atoms with Crippen LogP contribution in [0.1, 0.15) is 17.5 Å². The molecule has 0 aliphatic heterocycles. The lowest BCUT2D eigenvalue weighted by molar-refractivity contribution is -0.115. The van der Waals surface area contributed by atoms with Gasteiger partial charge in [-0.05, 0) is 43.2 Å². The first kappa shape index (κ1) is 16.7. The smallest absolute Gasteiger partial charge is 0.226 e. The number of para-hydroxylation sites is 1. The fourth-order valence-corrected chi connectivity index (χ4v) is 2.51.